The third-order valence-electron chi connectivity index (χ3n) is 4.32. The molecule has 7 heteroatoms. The summed E-state index contributed by atoms with van der Waals surface area (Å²) >= 11 is 17.9. The van der Waals surface area contributed by atoms with Gasteiger partial charge in [-0.1, -0.05) is 34.8 Å². The van der Waals surface area contributed by atoms with E-state index in [0.717, 1.165) is 18.2 Å². The van der Waals surface area contributed by atoms with Crippen LogP contribution < -0.4 is 0 Å². The number of carbonyl (C=O) groups excluding carboxylic acids is 2. The number of carbonyl (C=O) groups is 2. The molecule has 3 aromatic carbocycles. The highest BCUT2D eigenvalue weighted by Gasteiger charge is 2.31. The maximum absolute atomic E-state index is 14.2. The summed E-state index contributed by atoms with van der Waals surface area (Å²) in [6.07, 6.45) is -0.0868. The molecule has 0 radical (unpaired) electrons. The van der Waals surface area contributed by atoms with Crippen molar-refractivity contribution in [3.05, 3.63) is 104 Å². The topological polar surface area (TPSA) is 34.1 Å². The molecular weight excluding hydrogens is 441 g/mol. The van der Waals surface area contributed by atoms with E-state index in [0.29, 0.717) is 20.6 Å². The van der Waals surface area contributed by atoms with Gasteiger partial charge in [0.25, 0.3) is 0 Å². The molecule has 1 atom stereocenters. The molecule has 1 unspecified atom stereocenters. The first-order valence-electron chi connectivity index (χ1n) is 8.48. The lowest BCUT2D eigenvalue weighted by molar-refractivity contribution is 0.0804. The van der Waals surface area contributed by atoms with Crippen molar-refractivity contribution in [3.8, 4) is 0 Å². The molecule has 2 nitrogen and oxygen atoms in total. The molecule has 0 bridgehead atoms. The first-order valence-corrected chi connectivity index (χ1v) is 9.62. The first kappa shape index (κ1) is 21.4. The van der Waals surface area contributed by atoms with Gasteiger partial charge in [0.1, 0.15) is 11.6 Å². The standard InChI is InChI=1S/C22H13Cl3F2O2/c23-14-3-1-13(2-4-14)21(28)19(9-12-7-15(24)10-16(25)8-12)22(29)18-11-17(26)5-6-20(18)27/h1-8,10-11,19H,9H2. The van der Waals surface area contributed by atoms with Gasteiger partial charge in [-0.25, -0.2) is 8.78 Å². The second kappa shape index (κ2) is 9.04. The Morgan fingerprint density at radius 3 is 2.00 bits per heavy atom. The summed E-state index contributed by atoms with van der Waals surface area (Å²) in [5, 5.41) is 1.08. The lowest BCUT2D eigenvalue weighted by Crippen LogP contribution is -2.27. The molecule has 0 aliphatic heterocycles. The zero-order valence-corrected chi connectivity index (χ0v) is 17.0. The molecule has 0 saturated heterocycles. The summed E-state index contributed by atoms with van der Waals surface area (Å²) in [7, 11) is 0. The van der Waals surface area contributed by atoms with Gasteiger partial charge in [-0.15, -0.1) is 0 Å². The first-order chi connectivity index (χ1) is 13.7. The molecular formula is C22H13Cl3F2O2. The Kier molecular flexibility index (Phi) is 6.68. The number of rotatable bonds is 6. The zero-order chi connectivity index (χ0) is 21.1. The molecule has 0 aliphatic carbocycles. The van der Waals surface area contributed by atoms with E-state index in [1.165, 1.54) is 30.3 Å². The van der Waals surface area contributed by atoms with E-state index in [-0.39, 0.29) is 12.0 Å². The zero-order valence-electron chi connectivity index (χ0n) is 14.8. The molecule has 0 aliphatic rings. The van der Waals surface area contributed by atoms with Gasteiger partial charge >= 0.3 is 0 Å². The number of ketones is 2. The Labute approximate surface area is 181 Å². The molecule has 0 heterocycles. The highest BCUT2D eigenvalue weighted by Crippen LogP contribution is 2.26. The van der Waals surface area contributed by atoms with Crippen LogP contribution in [0.2, 0.25) is 15.1 Å². The number of halogens is 5. The van der Waals surface area contributed by atoms with Crippen LogP contribution in [0.4, 0.5) is 8.78 Å². The molecule has 0 fully saturated rings. The lowest BCUT2D eigenvalue weighted by atomic mass is 9.85. The lowest BCUT2D eigenvalue weighted by Gasteiger charge is -2.16. The van der Waals surface area contributed by atoms with E-state index in [2.05, 4.69) is 0 Å². The van der Waals surface area contributed by atoms with Crippen LogP contribution in [-0.2, 0) is 6.42 Å². The van der Waals surface area contributed by atoms with E-state index >= 15 is 0 Å². The quantitative estimate of drug-likeness (QED) is 0.302. The smallest absolute Gasteiger partial charge is 0.177 e. The van der Waals surface area contributed by atoms with Gasteiger partial charge in [-0.05, 0) is 72.6 Å². The van der Waals surface area contributed by atoms with Crippen LogP contribution in [0.15, 0.2) is 60.7 Å². The number of benzene rings is 3. The van der Waals surface area contributed by atoms with Crippen LogP contribution in [0.5, 0.6) is 0 Å². The number of hydrogen-bond donors (Lipinski definition) is 0. The van der Waals surface area contributed by atoms with Gasteiger partial charge < -0.3 is 0 Å². The maximum Gasteiger partial charge on any atom is 0.177 e. The summed E-state index contributed by atoms with van der Waals surface area (Å²) in [5.74, 6) is -4.38. The Morgan fingerprint density at radius 2 is 1.38 bits per heavy atom. The fourth-order valence-corrected chi connectivity index (χ4v) is 3.66. The molecule has 0 spiro atoms. The number of hydrogen-bond acceptors (Lipinski definition) is 2. The minimum atomic E-state index is -1.30. The largest absolute Gasteiger partial charge is 0.293 e. The third-order valence-corrected chi connectivity index (χ3v) is 5.01. The van der Waals surface area contributed by atoms with Gasteiger partial charge in [0, 0.05) is 20.6 Å². The van der Waals surface area contributed by atoms with E-state index in [9.17, 15) is 18.4 Å². The predicted molar refractivity (Wildman–Crippen MR) is 110 cm³/mol. The van der Waals surface area contributed by atoms with Crippen molar-refractivity contribution >= 4 is 46.4 Å². The van der Waals surface area contributed by atoms with Crippen molar-refractivity contribution in [2.75, 3.05) is 0 Å². The van der Waals surface area contributed by atoms with Crippen LogP contribution in [0.25, 0.3) is 0 Å². The Morgan fingerprint density at radius 1 is 0.759 bits per heavy atom. The van der Waals surface area contributed by atoms with Crippen molar-refractivity contribution in [1.82, 2.24) is 0 Å². The van der Waals surface area contributed by atoms with E-state index in [1.807, 2.05) is 0 Å². The Hall–Kier alpha value is -2.27. The van der Waals surface area contributed by atoms with Crippen molar-refractivity contribution in [2.24, 2.45) is 5.92 Å². The Balaban J connectivity index is 2.04. The SMILES string of the molecule is O=C(c1ccc(Cl)cc1)C(Cc1cc(Cl)cc(Cl)c1)C(=O)c1cc(F)ccc1F. The van der Waals surface area contributed by atoms with Crippen LogP contribution in [0.1, 0.15) is 26.3 Å². The van der Waals surface area contributed by atoms with Crippen LogP contribution in [0, 0.1) is 17.6 Å². The summed E-state index contributed by atoms with van der Waals surface area (Å²) in [6, 6.07) is 13.1. The summed E-state index contributed by atoms with van der Waals surface area (Å²) in [5.41, 5.74) is 0.239. The van der Waals surface area contributed by atoms with Crippen LogP contribution in [0.3, 0.4) is 0 Å². The van der Waals surface area contributed by atoms with E-state index < -0.39 is 34.7 Å². The van der Waals surface area contributed by atoms with Gasteiger partial charge in [0.2, 0.25) is 0 Å². The van der Waals surface area contributed by atoms with Crippen molar-refractivity contribution in [3.63, 3.8) is 0 Å². The van der Waals surface area contributed by atoms with Gasteiger partial charge in [-0.3, -0.25) is 9.59 Å². The molecule has 3 rings (SSSR count). The third kappa shape index (κ3) is 5.21. The van der Waals surface area contributed by atoms with E-state index in [1.54, 1.807) is 12.1 Å². The minimum absolute atomic E-state index is 0.0868. The molecule has 0 amide bonds. The average molecular weight is 454 g/mol. The Bertz CT molecular complexity index is 1060. The number of Topliss-reactive ketones (excluding diaryl/α,β-unsaturated/α-hetero) is 2. The fraction of sp³-hybridized carbons (Fsp3) is 0.0909. The van der Waals surface area contributed by atoms with Crippen LogP contribution in [-0.4, -0.2) is 11.6 Å². The maximum atomic E-state index is 14.2. The summed E-state index contributed by atoms with van der Waals surface area (Å²) in [4.78, 5) is 26.1. The molecule has 0 aromatic heterocycles. The average Bonchev–Trinajstić information content (AvgIpc) is 2.67. The summed E-state index contributed by atoms with van der Waals surface area (Å²) in [6.45, 7) is 0. The van der Waals surface area contributed by atoms with Crippen molar-refractivity contribution < 1.29 is 18.4 Å². The molecule has 3 aromatic rings. The van der Waals surface area contributed by atoms with Crippen molar-refractivity contribution in [2.45, 2.75) is 6.42 Å². The highest BCUT2D eigenvalue weighted by molar-refractivity contribution is 6.34. The van der Waals surface area contributed by atoms with Crippen molar-refractivity contribution in [1.29, 1.82) is 0 Å². The monoisotopic (exact) mass is 452 g/mol. The minimum Gasteiger partial charge on any atom is -0.293 e. The predicted octanol–water partition coefficient (Wildman–Crippen LogP) is 6.85. The summed E-state index contributed by atoms with van der Waals surface area (Å²) < 4.78 is 27.8. The van der Waals surface area contributed by atoms with Gasteiger partial charge in [-0.2, -0.15) is 0 Å². The molecule has 0 saturated carbocycles. The van der Waals surface area contributed by atoms with E-state index in [4.69, 9.17) is 34.8 Å². The normalized spacial score (nSPS) is 11.9. The van der Waals surface area contributed by atoms with Gasteiger partial charge in [0.15, 0.2) is 11.6 Å². The molecule has 148 valence electrons. The fourth-order valence-electron chi connectivity index (χ4n) is 2.96. The van der Waals surface area contributed by atoms with Gasteiger partial charge in [0.05, 0.1) is 11.5 Å². The second-order valence-electron chi connectivity index (χ2n) is 6.39. The van der Waals surface area contributed by atoms with Crippen LogP contribution >= 0.6 is 34.8 Å². The second-order valence-corrected chi connectivity index (χ2v) is 7.70. The molecule has 0 N–H and O–H groups in total. The molecule has 29 heavy (non-hydrogen) atoms. The highest BCUT2D eigenvalue weighted by atomic mass is 35.5.